The summed E-state index contributed by atoms with van der Waals surface area (Å²) in [5.41, 5.74) is 0.355. The van der Waals surface area contributed by atoms with Gasteiger partial charge in [-0.1, -0.05) is 11.6 Å². The number of esters is 1. The molecule has 1 aliphatic heterocycles. The standard InChI is InChI=1S/C14H9ClF3N3O4S/c1-24-11(22)5-10-12(23)20-13(26-10)21-19-6-7-2-3-9(8(15)4-7)25-14(16,17)18/h2-6H,1H3,(H,20,21,23)/b10-5+,19-6?. The van der Waals surface area contributed by atoms with E-state index in [1.165, 1.54) is 25.5 Å². The van der Waals surface area contributed by atoms with Gasteiger partial charge in [-0.2, -0.15) is 5.10 Å². The Morgan fingerprint density at radius 1 is 1.38 bits per heavy atom. The molecule has 0 atom stereocenters. The highest BCUT2D eigenvalue weighted by atomic mass is 35.5. The van der Waals surface area contributed by atoms with Gasteiger partial charge in [0, 0.05) is 6.08 Å². The van der Waals surface area contributed by atoms with Crippen molar-refractivity contribution in [3.05, 3.63) is 39.8 Å². The van der Waals surface area contributed by atoms with Crippen LogP contribution in [0.1, 0.15) is 5.56 Å². The van der Waals surface area contributed by atoms with Crippen molar-refractivity contribution in [2.75, 3.05) is 7.11 Å². The molecule has 1 amide bonds. The van der Waals surface area contributed by atoms with Gasteiger partial charge >= 0.3 is 12.3 Å². The Kier molecular flexibility index (Phi) is 6.27. The molecule has 7 nitrogen and oxygen atoms in total. The number of carbonyl (C=O) groups is 2. The zero-order valence-corrected chi connectivity index (χ0v) is 14.4. The molecule has 1 heterocycles. The van der Waals surface area contributed by atoms with Gasteiger partial charge in [0.25, 0.3) is 5.91 Å². The van der Waals surface area contributed by atoms with E-state index < -0.39 is 24.0 Å². The van der Waals surface area contributed by atoms with Crippen molar-refractivity contribution in [3.63, 3.8) is 0 Å². The zero-order valence-electron chi connectivity index (χ0n) is 12.8. The van der Waals surface area contributed by atoms with Gasteiger partial charge in [-0.25, -0.2) is 4.79 Å². The lowest BCUT2D eigenvalue weighted by Crippen LogP contribution is -2.19. The second-order valence-electron chi connectivity index (χ2n) is 4.48. The van der Waals surface area contributed by atoms with Gasteiger partial charge in [-0.3, -0.25) is 10.1 Å². The van der Waals surface area contributed by atoms with Crippen LogP contribution in [-0.4, -0.2) is 36.7 Å². The second-order valence-corrected chi connectivity index (χ2v) is 5.91. The number of methoxy groups -OCH3 is 1. The van der Waals surface area contributed by atoms with Gasteiger partial charge in [0.2, 0.25) is 0 Å². The number of amidine groups is 1. The highest BCUT2D eigenvalue weighted by molar-refractivity contribution is 8.18. The summed E-state index contributed by atoms with van der Waals surface area (Å²) in [5.74, 6) is -1.77. The molecule has 1 aliphatic rings. The van der Waals surface area contributed by atoms with E-state index in [1.54, 1.807) is 0 Å². The first kappa shape index (κ1) is 19.8. The summed E-state index contributed by atoms with van der Waals surface area (Å²) in [6, 6.07) is 3.53. The van der Waals surface area contributed by atoms with E-state index in [0.29, 0.717) is 5.56 Å². The van der Waals surface area contributed by atoms with E-state index in [0.717, 1.165) is 23.9 Å². The summed E-state index contributed by atoms with van der Waals surface area (Å²) < 4.78 is 44.7. The van der Waals surface area contributed by atoms with Crippen molar-refractivity contribution in [2.45, 2.75) is 6.36 Å². The van der Waals surface area contributed by atoms with Gasteiger partial charge in [0.05, 0.1) is 23.3 Å². The van der Waals surface area contributed by atoms with Crippen molar-refractivity contribution >= 4 is 46.6 Å². The Labute approximate surface area is 153 Å². The highest BCUT2D eigenvalue weighted by Gasteiger charge is 2.32. The quantitative estimate of drug-likeness (QED) is 0.359. The average molecular weight is 408 g/mol. The van der Waals surface area contributed by atoms with E-state index in [-0.39, 0.29) is 15.1 Å². The SMILES string of the molecule is COC(=O)/C=C1/S/C(=N\N=Cc2ccc(OC(F)(F)F)c(Cl)c2)NC1=O. The fourth-order valence-electron chi connectivity index (χ4n) is 1.59. The summed E-state index contributed by atoms with van der Waals surface area (Å²) in [6.45, 7) is 0. The Morgan fingerprint density at radius 2 is 2.12 bits per heavy atom. The van der Waals surface area contributed by atoms with Gasteiger partial charge in [0.1, 0.15) is 5.75 Å². The molecule has 0 aromatic heterocycles. The highest BCUT2D eigenvalue weighted by Crippen LogP contribution is 2.30. The third-order valence-electron chi connectivity index (χ3n) is 2.64. The molecule has 1 aromatic rings. The average Bonchev–Trinajstić information content (AvgIpc) is 2.88. The number of alkyl halides is 3. The van der Waals surface area contributed by atoms with Crippen LogP contribution in [0.2, 0.25) is 5.02 Å². The maximum absolute atomic E-state index is 12.2. The molecule has 2 rings (SSSR count). The summed E-state index contributed by atoms with van der Waals surface area (Å²) >= 11 is 6.58. The van der Waals surface area contributed by atoms with Crippen LogP contribution in [0.5, 0.6) is 5.75 Å². The number of rotatable bonds is 4. The minimum absolute atomic E-state index is 0.0856. The van der Waals surface area contributed by atoms with Crippen LogP contribution in [0.4, 0.5) is 13.2 Å². The number of nitrogens with one attached hydrogen (secondary N) is 1. The lowest BCUT2D eigenvalue weighted by atomic mass is 10.2. The first-order valence-electron chi connectivity index (χ1n) is 6.63. The monoisotopic (exact) mass is 407 g/mol. The third kappa shape index (κ3) is 5.77. The lowest BCUT2D eigenvalue weighted by molar-refractivity contribution is -0.274. The fourth-order valence-corrected chi connectivity index (χ4v) is 2.56. The van der Waals surface area contributed by atoms with Crippen LogP contribution in [0.3, 0.4) is 0 Å². The largest absolute Gasteiger partial charge is 0.573 e. The van der Waals surface area contributed by atoms with Crippen LogP contribution in [0.25, 0.3) is 0 Å². The van der Waals surface area contributed by atoms with Crippen molar-refractivity contribution in [3.8, 4) is 5.75 Å². The number of hydrogen-bond acceptors (Lipinski definition) is 7. The number of hydrogen-bond donors (Lipinski definition) is 1. The molecule has 0 spiro atoms. The summed E-state index contributed by atoms with van der Waals surface area (Å²) in [4.78, 5) is 22.8. The van der Waals surface area contributed by atoms with Crippen molar-refractivity contribution in [2.24, 2.45) is 10.2 Å². The normalized spacial score (nSPS) is 17.8. The third-order valence-corrected chi connectivity index (χ3v) is 3.83. The maximum atomic E-state index is 12.2. The Bertz CT molecular complexity index is 824. The number of benzene rings is 1. The van der Waals surface area contributed by atoms with E-state index in [2.05, 4.69) is 25.0 Å². The Hall–Kier alpha value is -2.53. The van der Waals surface area contributed by atoms with E-state index in [4.69, 9.17) is 11.6 Å². The van der Waals surface area contributed by atoms with Gasteiger partial charge < -0.3 is 9.47 Å². The maximum Gasteiger partial charge on any atom is 0.573 e. The first-order chi connectivity index (χ1) is 12.2. The molecule has 1 aromatic carbocycles. The van der Waals surface area contributed by atoms with Crippen LogP contribution < -0.4 is 10.1 Å². The second kappa shape index (κ2) is 8.23. The first-order valence-corrected chi connectivity index (χ1v) is 7.82. The van der Waals surface area contributed by atoms with E-state index in [1.807, 2.05) is 0 Å². The minimum atomic E-state index is -4.85. The molecule has 138 valence electrons. The molecular formula is C14H9ClF3N3O4S. The fraction of sp³-hybridized carbons (Fsp3) is 0.143. The molecule has 0 unspecified atom stereocenters. The van der Waals surface area contributed by atoms with Crippen molar-refractivity contribution in [1.29, 1.82) is 0 Å². The molecule has 1 fully saturated rings. The molecule has 0 aliphatic carbocycles. The zero-order chi connectivity index (χ0) is 19.3. The molecule has 0 radical (unpaired) electrons. The summed E-state index contributed by atoms with van der Waals surface area (Å²) in [7, 11) is 1.17. The van der Waals surface area contributed by atoms with E-state index in [9.17, 15) is 22.8 Å². The molecule has 0 saturated carbocycles. The number of carbonyl (C=O) groups excluding carboxylic acids is 2. The number of amides is 1. The van der Waals surface area contributed by atoms with Crippen molar-refractivity contribution < 1.29 is 32.2 Å². The molecular weight excluding hydrogens is 399 g/mol. The summed E-state index contributed by atoms with van der Waals surface area (Å²) in [5, 5.41) is 9.67. The Morgan fingerprint density at radius 3 is 2.73 bits per heavy atom. The molecule has 1 saturated heterocycles. The van der Waals surface area contributed by atoms with Crippen LogP contribution >= 0.6 is 23.4 Å². The number of halogens is 4. The number of thioether (sulfide) groups is 1. The minimum Gasteiger partial charge on any atom is -0.466 e. The number of ether oxygens (including phenoxy) is 2. The van der Waals surface area contributed by atoms with E-state index >= 15 is 0 Å². The lowest BCUT2D eigenvalue weighted by Gasteiger charge is -2.10. The van der Waals surface area contributed by atoms with Gasteiger partial charge in [0.15, 0.2) is 5.17 Å². The van der Waals surface area contributed by atoms with Gasteiger partial charge in [-0.15, -0.1) is 18.3 Å². The molecule has 12 heteroatoms. The molecule has 0 bridgehead atoms. The predicted octanol–water partition coefficient (Wildman–Crippen LogP) is 2.85. The van der Waals surface area contributed by atoms with Gasteiger partial charge in [-0.05, 0) is 35.5 Å². The molecule has 26 heavy (non-hydrogen) atoms. The predicted molar refractivity (Wildman–Crippen MR) is 89.0 cm³/mol. The number of nitrogens with zero attached hydrogens (tertiary/aromatic N) is 2. The van der Waals surface area contributed by atoms with Crippen LogP contribution in [0.15, 0.2) is 39.4 Å². The van der Waals surface area contributed by atoms with Crippen molar-refractivity contribution in [1.82, 2.24) is 5.32 Å². The smallest absolute Gasteiger partial charge is 0.466 e. The molecule has 1 N–H and O–H groups in total. The topological polar surface area (TPSA) is 89.3 Å². The summed E-state index contributed by atoms with van der Waals surface area (Å²) in [6.07, 6.45) is -2.63. The van der Waals surface area contributed by atoms with Crippen LogP contribution in [0, 0.1) is 0 Å². The Balaban J connectivity index is 2.05. The van der Waals surface area contributed by atoms with Crippen LogP contribution in [-0.2, 0) is 14.3 Å².